The van der Waals surface area contributed by atoms with E-state index in [1.165, 1.54) is 32.4 Å². The molecule has 0 spiro atoms. The lowest BCUT2D eigenvalue weighted by atomic mass is 9.90. The van der Waals surface area contributed by atoms with Crippen LogP contribution in [0.3, 0.4) is 0 Å². The van der Waals surface area contributed by atoms with Crippen molar-refractivity contribution in [2.45, 2.75) is 12.3 Å². The molecule has 10 nitrogen and oxygen atoms in total. The number of nitrogens with two attached hydrogens (primary N) is 1. The Labute approximate surface area is 208 Å². The van der Waals surface area contributed by atoms with Crippen LogP contribution in [-0.4, -0.2) is 45.9 Å². The summed E-state index contributed by atoms with van der Waals surface area (Å²) in [6, 6.07) is 11.1. The molecule has 0 amide bonds. The van der Waals surface area contributed by atoms with Gasteiger partial charge in [0.05, 0.1) is 25.5 Å². The first-order chi connectivity index (χ1) is 17.2. The van der Waals surface area contributed by atoms with Crippen LogP contribution in [0.4, 0.5) is 4.39 Å². The van der Waals surface area contributed by atoms with Gasteiger partial charge in [-0.25, -0.2) is 14.0 Å². The highest BCUT2D eigenvalue weighted by Gasteiger charge is 2.24. The van der Waals surface area contributed by atoms with Gasteiger partial charge < -0.3 is 20.3 Å². The van der Waals surface area contributed by atoms with Crippen LogP contribution in [0.15, 0.2) is 52.6 Å². The summed E-state index contributed by atoms with van der Waals surface area (Å²) in [5.74, 6) is -1.59. The van der Waals surface area contributed by atoms with Gasteiger partial charge in [0.1, 0.15) is 22.4 Å². The summed E-state index contributed by atoms with van der Waals surface area (Å²) in [5.41, 5.74) is 6.19. The van der Waals surface area contributed by atoms with Crippen molar-refractivity contribution >= 4 is 23.1 Å². The monoisotopic (exact) mass is 511 g/mol. The number of ether oxygens (including phenoxy) is 2. The number of aromatic nitrogens is 3. The number of rotatable bonds is 9. The highest BCUT2D eigenvalue weighted by Crippen LogP contribution is 2.34. The molecule has 1 atom stereocenters. The van der Waals surface area contributed by atoms with Gasteiger partial charge in [0.15, 0.2) is 11.5 Å². The van der Waals surface area contributed by atoms with Crippen molar-refractivity contribution in [3.05, 3.63) is 91.5 Å². The summed E-state index contributed by atoms with van der Waals surface area (Å²) in [7, 11) is 3.00. The Morgan fingerprint density at radius 2 is 1.97 bits per heavy atom. The summed E-state index contributed by atoms with van der Waals surface area (Å²) in [6.07, 6.45) is 0.215. The standard InChI is InChI=1S/C24H22FN5O5S/c1-34-18-6-4-13(11-19(18)35-2)15(9-12-3-5-14(21(26)27)16(25)10-12)22-28-24(33)30(29-22)17-7-8-36-20(17)23(31)32/h3-8,10-11,15H,9H2,1-2H3,(H3,26,27)(H,31,32)(H,28,29,33). The number of H-pyrrole nitrogens is 1. The van der Waals surface area contributed by atoms with Crippen molar-refractivity contribution < 1.29 is 23.8 Å². The fraction of sp³-hybridized carbons (Fsp3) is 0.167. The van der Waals surface area contributed by atoms with E-state index in [0.29, 0.717) is 22.6 Å². The number of thiophene rings is 1. The number of carboxylic acids is 1. The fourth-order valence-electron chi connectivity index (χ4n) is 3.87. The smallest absolute Gasteiger partial charge is 0.348 e. The molecule has 36 heavy (non-hydrogen) atoms. The minimum atomic E-state index is -1.17. The molecule has 0 saturated heterocycles. The average Bonchev–Trinajstić information content (AvgIpc) is 3.48. The first kappa shape index (κ1) is 24.7. The maximum absolute atomic E-state index is 14.6. The molecule has 2 heterocycles. The SMILES string of the molecule is COc1ccc(C(Cc2ccc(C(=N)N)c(F)c2)c2nn(-c3ccsc3C(=O)O)c(=O)[nH]2)cc1OC. The highest BCUT2D eigenvalue weighted by atomic mass is 32.1. The summed E-state index contributed by atoms with van der Waals surface area (Å²) in [4.78, 5) is 27.1. The second kappa shape index (κ2) is 10.0. The van der Waals surface area contributed by atoms with Crippen LogP contribution in [0.1, 0.15) is 38.1 Å². The molecule has 2 aromatic heterocycles. The molecule has 0 aliphatic rings. The van der Waals surface area contributed by atoms with Crippen LogP contribution in [0, 0.1) is 11.2 Å². The Balaban J connectivity index is 1.83. The number of halogens is 1. The van der Waals surface area contributed by atoms with Gasteiger partial charge in [-0.15, -0.1) is 16.4 Å². The molecule has 0 aliphatic heterocycles. The topological polar surface area (TPSA) is 156 Å². The van der Waals surface area contributed by atoms with Crippen LogP contribution < -0.4 is 20.9 Å². The number of aromatic amines is 1. The second-order valence-corrected chi connectivity index (χ2v) is 8.68. The van der Waals surface area contributed by atoms with Crippen molar-refractivity contribution in [2.75, 3.05) is 14.2 Å². The largest absolute Gasteiger partial charge is 0.493 e. The van der Waals surface area contributed by atoms with Crippen LogP contribution in [0.25, 0.3) is 5.69 Å². The third-order valence-corrected chi connectivity index (χ3v) is 6.50. The van der Waals surface area contributed by atoms with Gasteiger partial charge in [-0.05, 0) is 53.3 Å². The van der Waals surface area contributed by atoms with Crippen LogP contribution in [-0.2, 0) is 6.42 Å². The Kier molecular flexibility index (Phi) is 6.88. The maximum atomic E-state index is 14.6. The zero-order valence-electron chi connectivity index (χ0n) is 19.2. The van der Waals surface area contributed by atoms with Gasteiger partial charge in [-0.3, -0.25) is 10.4 Å². The molecule has 0 fully saturated rings. The Morgan fingerprint density at radius 1 is 1.22 bits per heavy atom. The lowest BCUT2D eigenvalue weighted by Crippen LogP contribution is -2.17. The number of hydrogen-bond acceptors (Lipinski definition) is 7. The highest BCUT2D eigenvalue weighted by molar-refractivity contribution is 7.12. The number of nitrogens with one attached hydrogen (secondary N) is 2. The third-order valence-electron chi connectivity index (χ3n) is 5.61. The summed E-state index contributed by atoms with van der Waals surface area (Å²) in [5, 5.41) is 22.9. The van der Waals surface area contributed by atoms with Crippen molar-refractivity contribution in [2.24, 2.45) is 5.73 Å². The van der Waals surface area contributed by atoms with Crippen LogP contribution >= 0.6 is 11.3 Å². The van der Waals surface area contributed by atoms with E-state index in [1.54, 1.807) is 29.6 Å². The van der Waals surface area contributed by atoms with E-state index in [1.807, 2.05) is 0 Å². The zero-order chi connectivity index (χ0) is 26.0. The van der Waals surface area contributed by atoms with Gasteiger partial charge >= 0.3 is 11.7 Å². The zero-order valence-corrected chi connectivity index (χ0v) is 20.1. The molecular formula is C24H22FN5O5S. The third kappa shape index (κ3) is 4.70. The van der Waals surface area contributed by atoms with Crippen molar-refractivity contribution in [3.8, 4) is 17.2 Å². The molecule has 0 bridgehead atoms. The summed E-state index contributed by atoms with van der Waals surface area (Å²) >= 11 is 0.979. The van der Waals surface area contributed by atoms with E-state index in [2.05, 4.69) is 10.1 Å². The molecule has 2 aromatic carbocycles. The van der Waals surface area contributed by atoms with E-state index in [0.717, 1.165) is 16.0 Å². The Bertz CT molecular complexity index is 1510. The molecule has 4 rings (SSSR count). The number of aromatic carboxylic acids is 1. The normalized spacial score (nSPS) is 11.8. The van der Waals surface area contributed by atoms with Crippen molar-refractivity contribution in [1.29, 1.82) is 5.41 Å². The minimum Gasteiger partial charge on any atom is -0.493 e. The van der Waals surface area contributed by atoms with E-state index >= 15 is 0 Å². The molecule has 0 radical (unpaired) electrons. The van der Waals surface area contributed by atoms with Gasteiger partial charge in [-0.2, -0.15) is 4.68 Å². The molecule has 0 saturated carbocycles. The van der Waals surface area contributed by atoms with Gasteiger partial charge in [-0.1, -0.05) is 12.1 Å². The number of carbonyl (C=O) groups is 1. The molecule has 0 aliphatic carbocycles. The predicted molar refractivity (Wildman–Crippen MR) is 132 cm³/mol. The number of benzene rings is 2. The summed E-state index contributed by atoms with van der Waals surface area (Å²) < 4.78 is 26.3. The van der Waals surface area contributed by atoms with E-state index in [9.17, 15) is 19.1 Å². The lowest BCUT2D eigenvalue weighted by Gasteiger charge is -2.17. The average molecular weight is 512 g/mol. The van der Waals surface area contributed by atoms with E-state index in [-0.39, 0.29) is 34.2 Å². The molecule has 1 unspecified atom stereocenters. The molecule has 12 heteroatoms. The van der Waals surface area contributed by atoms with Gasteiger partial charge in [0.25, 0.3) is 0 Å². The molecule has 4 aromatic rings. The number of nitrogens with zero attached hydrogens (tertiary/aromatic N) is 2. The fourth-order valence-corrected chi connectivity index (χ4v) is 4.58. The predicted octanol–water partition coefficient (Wildman–Crippen LogP) is 3.14. The maximum Gasteiger partial charge on any atom is 0.348 e. The van der Waals surface area contributed by atoms with Crippen LogP contribution in [0.5, 0.6) is 11.5 Å². The first-order valence-corrected chi connectivity index (χ1v) is 11.5. The van der Waals surface area contributed by atoms with Gasteiger partial charge in [0.2, 0.25) is 0 Å². The second-order valence-electron chi connectivity index (χ2n) is 7.77. The number of carboxylic acid groups (broad SMARTS) is 1. The van der Waals surface area contributed by atoms with Crippen LogP contribution in [0.2, 0.25) is 0 Å². The van der Waals surface area contributed by atoms with E-state index < -0.39 is 23.4 Å². The number of amidine groups is 1. The number of nitrogen functional groups attached to an aromatic ring is 1. The Hall–Kier alpha value is -4.45. The first-order valence-electron chi connectivity index (χ1n) is 10.6. The van der Waals surface area contributed by atoms with Crippen molar-refractivity contribution in [1.82, 2.24) is 14.8 Å². The Morgan fingerprint density at radius 3 is 2.61 bits per heavy atom. The molecular weight excluding hydrogens is 489 g/mol. The van der Waals surface area contributed by atoms with Crippen molar-refractivity contribution in [3.63, 3.8) is 0 Å². The van der Waals surface area contributed by atoms with Gasteiger partial charge in [0, 0.05) is 5.92 Å². The number of hydrogen-bond donors (Lipinski definition) is 4. The quantitative estimate of drug-likeness (QED) is 0.199. The molecule has 186 valence electrons. The lowest BCUT2D eigenvalue weighted by molar-refractivity contribution is 0.0702. The number of methoxy groups -OCH3 is 2. The molecule has 5 N–H and O–H groups in total. The minimum absolute atomic E-state index is 0.0160. The summed E-state index contributed by atoms with van der Waals surface area (Å²) in [6.45, 7) is 0. The van der Waals surface area contributed by atoms with E-state index in [4.69, 9.17) is 20.6 Å².